The molecule has 1 atom stereocenters. The minimum Gasteiger partial charge on any atom is -0.369 e. The molecule has 0 saturated carbocycles. The average Bonchev–Trinajstić information content (AvgIpc) is 2.51. The molecule has 0 rings (SSSR count). The molecule has 0 saturated heterocycles. The summed E-state index contributed by atoms with van der Waals surface area (Å²) in [4.78, 5) is 14.0. The molecule has 0 radical (unpaired) electrons. The predicted octanol–water partition coefficient (Wildman–Crippen LogP) is 4.74. The second kappa shape index (κ2) is 15.3. The molecule has 22 heavy (non-hydrogen) atoms. The van der Waals surface area contributed by atoms with E-state index in [1.54, 1.807) is 0 Å². The molecular weight excluding hydrogens is 272 g/mol. The SMILES string of the molecule is CCCCCCCCCCC(CCCN(CC)CC)C(N)=O. The molecule has 0 spiro atoms. The average molecular weight is 313 g/mol. The Morgan fingerprint density at radius 3 is 1.82 bits per heavy atom. The Labute approximate surface area is 139 Å². The third-order valence-corrected chi connectivity index (χ3v) is 4.73. The summed E-state index contributed by atoms with van der Waals surface area (Å²) < 4.78 is 0. The van der Waals surface area contributed by atoms with E-state index in [1.807, 2.05) is 0 Å². The van der Waals surface area contributed by atoms with Crippen LogP contribution in [-0.2, 0) is 4.79 Å². The van der Waals surface area contributed by atoms with E-state index in [9.17, 15) is 4.79 Å². The summed E-state index contributed by atoms with van der Waals surface area (Å²) >= 11 is 0. The molecule has 0 aliphatic carbocycles. The highest BCUT2D eigenvalue weighted by atomic mass is 16.1. The van der Waals surface area contributed by atoms with Crippen LogP contribution in [0.25, 0.3) is 0 Å². The van der Waals surface area contributed by atoms with Crippen molar-refractivity contribution < 1.29 is 4.79 Å². The molecule has 0 aromatic heterocycles. The lowest BCUT2D eigenvalue weighted by Crippen LogP contribution is -2.27. The van der Waals surface area contributed by atoms with Gasteiger partial charge in [-0.25, -0.2) is 0 Å². The van der Waals surface area contributed by atoms with Crippen molar-refractivity contribution in [3.05, 3.63) is 0 Å². The molecule has 0 fully saturated rings. The van der Waals surface area contributed by atoms with Gasteiger partial charge in [0, 0.05) is 5.92 Å². The number of nitrogens with two attached hydrogens (primary N) is 1. The maximum absolute atomic E-state index is 11.6. The molecule has 0 bridgehead atoms. The third kappa shape index (κ3) is 12.0. The summed E-state index contributed by atoms with van der Waals surface area (Å²) in [6, 6.07) is 0. The number of amides is 1. The van der Waals surface area contributed by atoms with Crippen molar-refractivity contribution in [1.29, 1.82) is 0 Å². The fourth-order valence-electron chi connectivity index (χ4n) is 3.05. The highest BCUT2D eigenvalue weighted by Crippen LogP contribution is 2.17. The summed E-state index contributed by atoms with van der Waals surface area (Å²) in [5.41, 5.74) is 5.56. The van der Waals surface area contributed by atoms with Crippen LogP contribution < -0.4 is 5.73 Å². The minimum absolute atomic E-state index is 0.0932. The van der Waals surface area contributed by atoms with Crippen LogP contribution in [0.15, 0.2) is 0 Å². The fourth-order valence-corrected chi connectivity index (χ4v) is 3.05. The Morgan fingerprint density at radius 1 is 0.818 bits per heavy atom. The van der Waals surface area contributed by atoms with Crippen molar-refractivity contribution in [2.24, 2.45) is 11.7 Å². The van der Waals surface area contributed by atoms with E-state index in [4.69, 9.17) is 5.73 Å². The fraction of sp³-hybridized carbons (Fsp3) is 0.947. The van der Waals surface area contributed by atoms with Crippen LogP contribution in [0.4, 0.5) is 0 Å². The van der Waals surface area contributed by atoms with Gasteiger partial charge in [0.15, 0.2) is 0 Å². The Hall–Kier alpha value is -0.570. The first-order chi connectivity index (χ1) is 10.7. The van der Waals surface area contributed by atoms with Gasteiger partial charge in [0.25, 0.3) is 0 Å². The second-order valence-electron chi connectivity index (χ2n) is 6.53. The number of unbranched alkanes of at least 4 members (excludes halogenated alkanes) is 7. The van der Waals surface area contributed by atoms with Crippen LogP contribution in [-0.4, -0.2) is 30.4 Å². The number of carbonyl (C=O) groups is 1. The van der Waals surface area contributed by atoms with Crippen LogP contribution in [0.2, 0.25) is 0 Å². The van der Waals surface area contributed by atoms with Crippen LogP contribution in [0.5, 0.6) is 0 Å². The Bertz CT molecular complexity index is 252. The molecule has 1 unspecified atom stereocenters. The molecule has 0 aromatic carbocycles. The van der Waals surface area contributed by atoms with E-state index in [0.29, 0.717) is 0 Å². The maximum Gasteiger partial charge on any atom is 0.220 e. The molecule has 0 aliphatic heterocycles. The molecule has 0 aliphatic rings. The van der Waals surface area contributed by atoms with Gasteiger partial charge >= 0.3 is 0 Å². The lowest BCUT2D eigenvalue weighted by atomic mass is 9.95. The van der Waals surface area contributed by atoms with Gasteiger partial charge in [-0.3, -0.25) is 4.79 Å². The van der Waals surface area contributed by atoms with E-state index in [1.165, 1.54) is 44.9 Å². The number of hydrogen-bond acceptors (Lipinski definition) is 2. The molecule has 1 amide bonds. The summed E-state index contributed by atoms with van der Waals surface area (Å²) in [7, 11) is 0. The topological polar surface area (TPSA) is 46.3 Å². The maximum atomic E-state index is 11.6. The third-order valence-electron chi connectivity index (χ3n) is 4.73. The highest BCUT2D eigenvalue weighted by molar-refractivity contribution is 5.76. The van der Waals surface area contributed by atoms with E-state index in [-0.39, 0.29) is 11.8 Å². The van der Waals surface area contributed by atoms with Crippen LogP contribution in [0.1, 0.15) is 91.4 Å². The molecule has 0 aromatic rings. The minimum atomic E-state index is -0.0949. The Kier molecular flexibility index (Phi) is 14.9. The van der Waals surface area contributed by atoms with Gasteiger partial charge in [-0.05, 0) is 38.9 Å². The van der Waals surface area contributed by atoms with Crippen LogP contribution in [0, 0.1) is 5.92 Å². The van der Waals surface area contributed by atoms with Gasteiger partial charge in [0.1, 0.15) is 0 Å². The normalized spacial score (nSPS) is 12.7. The number of carbonyl (C=O) groups excluding carboxylic acids is 1. The summed E-state index contributed by atoms with van der Waals surface area (Å²) in [6.45, 7) is 9.91. The second-order valence-corrected chi connectivity index (χ2v) is 6.53. The zero-order valence-corrected chi connectivity index (χ0v) is 15.4. The highest BCUT2D eigenvalue weighted by Gasteiger charge is 2.14. The first-order valence-corrected chi connectivity index (χ1v) is 9.67. The van der Waals surface area contributed by atoms with Crippen molar-refractivity contribution in [3.63, 3.8) is 0 Å². The molecular formula is C19H40N2O. The summed E-state index contributed by atoms with van der Waals surface area (Å²) in [5, 5.41) is 0. The van der Waals surface area contributed by atoms with Gasteiger partial charge in [-0.15, -0.1) is 0 Å². The van der Waals surface area contributed by atoms with Crippen LogP contribution >= 0.6 is 0 Å². The number of hydrogen-bond donors (Lipinski definition) is 1. The van der Waals surface area contributed by atoms with Gasteiger partial charge < -0.3 is 10.6 Å². The molecule has 0 heterocycles. The Balaban J connectivity index is 3.66. The first-order valence-electron chi connectivity index (χ1n) is 9.67. The van der Waals surface area contributed by atoms with E-state index in [2.05, 4.69) is 25.7 Å². The van der Waals surface area contributed by atoms with Crippen molar-refractivity contribution >= 4 is 5.91 Å². The predicted molar refractivity (Wildman–Crippen MR) is 96.9 cm³/mol. The van der Waals surface area contributed by atoms with Crippen molar-refractivity contribution in [2.75, 3.05) is 19.6 Å². The number of primary amides is 1. The lowest BCUT2D eigenvalue weighted by Gasteiger charge is -2.19. The monoisotopic (exact) mass is 312 g/mol. The zero-order valence-electron chi connectivity index (χ0n) is 15.4. The smallest absolute Gasteiger partial charge is 0.220 e. The first kappa shape index (κ1) is 21.4. The van der Waals surface area contributed by atoms with E-state index >= 15 is 0 Å². The van der Waals surface area contributed by atoms with Gasteiger partial charge in [-0.1, -0.05) is 72.1 Å². The molecule has 2 N–H and O–H groups in total. The van der Waals surface area contributed by atoms with Crippen LogP contribution in [0.3, 0.4) is 0 Å². The van der Waals surface area contributed by atoms with E-state index in [0.717, 1.165) is 45.3 Å². The van der Waals surface area contributed by atoms with Crippen molar-refractivity contribution in [2.45, 2.75) is 91.4 Å². The standard InChI is InChI=1S/C19H40N2O/c1-4-7-8-9-10-11-12-13-15-18(19(20)22)16-14-17-21(5-2)6-3/h18H,4-17H2,1-3H3,(H2,20,22). The van der Waals surface area contributed by atoms with Crippen molar-refractivity contribution in [1.82, 2.24) is 4.90 Å². The Morgan fingerprint density at radius 2 is 1.32 bits per heavy atom. The van der Waals surface area contributed by atoms with Gasteiger partial charge in [0.05, 0.1) is 0 Å². The lowest BCUT2D eigenvalue weighted by molar-refractivity contribution is -0.122. The number of nitrogens with zero attached hydrogens (tertiary/aromatic N) is 1. The largest absolute Gasteiger partial charge is 0.369 e. The van der Waals surface area contributed by atoms with E-state index < -0.39 is 0 Å². The zero-order chi connectivity index (χ0) is 16.6. The molecule has 132 valence electrons. The van der Waals surface area contributed by atoms with Gasteiger partial charge in [-0.2, -0.15) is 0 Å². The quantitative estimate of drug-likeness (QED) is 0.418. The summed E-state index contributed by atoms with van der Waals surface area (Å²) in [6.07, 6.45) is 13.6. The molecule has 3 heteroatoms. The number of rotatable bonds is 16. The van der Waals surface area contributed by atoms with Crippen molar-refractivity contribution in [3.8, 4) is 0 Å². The van der Waals surface area contributed by atoms with Gasteiger partial charge in [0.2, 0.25) is 5.91 Å². The summed E-state index contributed by atoms with van der Waals surface area (Å²) in [5.74, 6) is -0.00172. The molecule has 3 nitrogen and oxygen atoms in total.